The average Bonchev–Trinajstić information content (AvgIpc) is 3.19. The summed E-state index contributed by atoms with van der Waals surface area (Å²) in [6, 6.07) is 14.9. The second kappa shape index (κ2) is 8.11. The third-order valence-corrected chi connectivity index (χ3v) is 6.46. The second-order valence-corrected chi connectivity index (χ2v) is 8.61. The van der Waals surface area contributed by atoms with Gasteiger partial charge in [0.05, 0.1) is 5.52 Å². The van der Waals surface area contributed by atoms with Gasteiger partial charge in [-0.3, -0.25) is 14.8 Å². The van der Waals surface area contributed by atoms with E-state index in [0.717, 1.165) is 69.0 Å². The van der Waals surface area contributed by atoms with Gasteiger partial charge in [-0.25, -0.2) is 0 Å². The number of aromatic amines is 1. The molecular weight excluding hydrogens is 374 g/mol. The van der Waals surface area contributed by atoms with Gasteiger partial charge in [-0.2, -0.15) is 5.10 Å². The number of carbonyl (C=O) groups excluding carboxylic acids is 1. The number of piperazine rings is 1. The quantitative estimate of drug-likeness (QED) is 0.685. The molecule has 6 heteroatoms. The van der Waals surface area contributed by atoms with Gasteiger partial charge in [-0.1, -0.05) is 31.2 Å². The molecule has 3 heterocycles. The zero-order valence-electron chi connectivity index (χ0n) is 17.5. The van der Waals surface area contributed by atoms with Gasteiger partial charge in [0, 0.05) is 43.2 Å². The van der Waals surface area contributed by atoms with Crippen molar-refractivity contribution < 1.29 is 4.79 Å². The highest BCUT2D eigenvalue weighted by Gasteiger charge is 2.23. The molecule has 3 aromatic rings. The minimum atomic E-state index is 0.0654. The topological polar surface area (TPSA) is 64.3 Å². The molecule has 0 bridgehead atoms. The summed E-state index contributed by atoms with van der Waals surface area (Å²) in [5.41, 5.74) is 4.75. The molecule has 2 aromatic carbocycles. The summed E-state index contributed by atoms with van der Waals surface area (Å²) in [6.07, 6.45) is 3.09. The maximum absolute atomic E-state index is 11.8. The fourth-order valence-corrected chi connectivity index (χ4v) is 4.65. The van der Waals surface area contributed by atoms with Crippen LogP contribution in [0.25, 0.3) is 10.9 Å². The lowest BCUT2D eigenvalue weighted by atomic mass is 9.92. The highest BCUT2D eigenvalue weighted by molar-refractivity contribution is 5.95. The second-order valence-electron chi connectivity index (χ2n) is 8.61. The van der Waals surface area contributed by atoms with Crippen molar-refractivity contribution in [2.45, 2.75) is 26.2 Å². The Labute approximate surface area is 177 Å². The summed E-state index contributed by atoms with van der Waals surface area (Å²) in [7, 11) is 0. The third-order valence-electron chi connectivity index (χ3n) is 6.46. The predicted octanol–water partition coefficient (Wildman–Crippen LogP) is 3.45. The minimum Gasteiger partial charge on any atom is -0.352 e. The normalized spacial score (nSPS) is 19.7. The summed E-state index contributed by atoms with van der Waals surface area (Å²) in [5, 5.41) is 11.9. The molecule has 1 fully saturated rings. The van der Waals surface area contributed by atoms with Gasteiger partial charge in [0.2, 0.25) is 5.91 Å². The van der Waals surface area contributed by atoms with E-state index in [1.807, 2.05) is 13.0 Å². The molecule has 0 spiro atoms. The molecule has 5 rings (SSSR count). The monoisotopic (exact) mass is 403 g/mol. The number of carbonyl (C=O) groups is 1. The highest BCUT2D eigenvalue weighted by Crippen LogP contribution is 2.27. The van der Waals surface area contributed by atoms with E-state index in [1.54, 1.807) is 0 Å². The van der Waals surface area contributed by atoms with Crippen LogP contribution in [0.15, 0.2) is 42.5 Å². The third kappa shape index (κ3) is 3.79. The Bertz CT molecular complexity index is 1050. The Morgan fingerprint density at radius 3 is 2.80 bits per heavy atom. The van der Waals surface area contributed by atoms with Crippen LogP contribution >= 0.6 is 0 Å². The van der Waals surface area contributed by atoms with E-state index in [-0.39, 0.29) is 11.8 Å². The summed E-state index contributed by atoms with van der Waals surface area (Å²) in [6.45, 7) is 7.32. The standard InChI is InChI=1S/C24H29N5O/c1-17-15-19-16-18(8-9-21(19)25-24(17)30)5-4-10-28-11-13-29(14-12-28)23-20-6-2-3-7-22(20)26-27-23/h2-3,6-9,16-17H,4-5,10-15H2,1H3,(H,25,30)(H,26,27). The summed E-state index contributed by atoms with van der Waals surface area (Å²) in [4.78, 5) is 16.8. The Hall–Kier alpha value is -2.86. The molecule has 1 atom stereocenters. The largest absolute Gasteiger partial charge is 0.352 e. The van der Waals surface area contributed by atoms with Crippen molar-refractivity contribution in [2.75, 3.05) is 42.9 Å². The Kier molecular flexibility index (Phi) is 5.17. The smallest absolute Gasteiger partial charge is 0.227 e. The maximum Gasteiger partial charge on any atom is 0.227 e. The van der Waals surface area contributed by atoms with Gasteiger partial charge in [0.1, 0.15) is 0 Å². The zero-order valence-corrected chi connectivity index (χ0v) is 17.5. The SMILES string of the molecule is CC1Cc2cc(CCCN3CCN(c4n[nH]c5ccccc45)CC3)ccc2NC1=O. The number of aryl methyl sites for hydroxylation is 1. The Balaban J connectivity index is 1.12. The molecule has 0 aliphatic carbocycles. The molecule has 1 amide bonds. The maximum atomic E-state index is 11.8. The molecule has 6 nitrogen and oxygen atoms in total. The molecule has 2 aliphatic heterocycles. The van der Waals surface area contributed by atoms with Crippen molar-refractivity contribution >= 4 is 28.3 Å². The van der Waals surface area contributed by atoms with Crippen LogP contribution in [0.1, 0.15) is 24.5 Å². The fraction of sp³-hybridized carbons (Fsp3) is 0.417. The molecule has 2 aliphatic rings. The van der Waals surface area contributed by atoms with Gasteiger partial charge in [0.25, 0.3) is 0 Å². The van der Waals surface area contributed by atoms with Gasteiger partial charge in [-0.15, -0.1) is 0 Å². The number of nitrogens with zero attached hydrogens (tertiary/aromatic N) is 3. The number of benzene rings is 2. The van der Waals surface area contributed by atoms with Crippen LogP contribution in [0.5, 0.6) is 0 Å². The number of nitrogens with one attached hydrogen (secondary N) is 2. The molecule has 0 saturated carbocycles. The minimum absolute atomic E-state index is 0.0654. The number of hydrogen-bond donors (Lipinski definition) is 2. The molecule has 0 radical (unpaired) electrons. The van der Waals surface area contributed by atoms with Crippen molar-refractivity contribution in [1.29, 1.82) is 0 Å². The van der Waals surface area contributed by atoms with E-state index in [0.29, 0.717) is 0 Å². The number of H-pyrrole nitrogens is 1. The van der Waals surface area contributed by atoms with E-state index in [2.05, 4.69) is 61.7 Å². The van der Waals surface area contributed by atoms with Crippen molar-refractivity contribution in [3.8, 4) is 0 Å². The van der Waals surface area contributed by atoms with Crippen LogP contribution in [0, 0.1) is 5.92 Å². The number of para-hydroxylation sites is 1. The first-order valence-electron chi connectivity index (χ1n) is 11.0. The van der Waals surface area contributed by atoms with E-state index < -0.39 is 0 Å². The molecule has 30 heavy (non-hydrogen) atoms. The Morgan fingerprint density at radius 1 is 1.10 bits per heavy atom. The first-order valence-corrected chi connectivity index (χ1v) is 11.0. The average molecular weight is 404 g/mol. The number of rotatable bonds is 5. The van der Waals surface area contributed by atoms with Crippen molar-refractivity contribution in [3.05, 3.63) is 53.6 Å². The number of hydrogen-bond acceptors (Lipinski definition) is 4. The molecule has 1 unspecified atom stereocenters. The first kappa shape index (κ1) is 19.1. The van der Waals surface area contributed by atoms with Crippen molar-refractivity contribution in [3.63, 3.8) is 0 Å². The van der Waals surface area contributed by atoms with Gasteiger partial charge < -0.3 is 10.2 Å². The van der Waals surface area contributed by atoms with Crippen LogP contribution < -0.4 is 10.2 Å². The fourth-order valence-electron chi connectivity index (χ4n) is 4.65. The van der Waals surface area contributed by atoms with Crippen LogP contribution in [0.3, 0.4) is 0 Å². The number of fused-ring (bicyclic) bond motifs is 2. The zero-order chi connectivity index (χ0) is 20.5. The van der Waals surface area contributed by atoms with Crippen molar-refractivity contribution in [2.24, 2.45) is 5.92 Å². The van der Waals surface area contributed by atoms with Crippen LogP contribution in [0.2, 0.25) is 0 Å². The van der Waals surface area contributed by atoms with Crippen molar-refractivity contribution in [1.82, 2.24) is 15.1 Å². The lowest BCUT2D eigenvalue weighted by molar-refractivity contribution is -0.119. The van der Waals surface area contributed by atoms with Crippen LogP contribution in [-0.2, 0) is 17.6 Å². The van der Waals surface area contributed by atoms with E-state index in [4.69, 9.17) is 0 Å². The molecular formula is C24H29N5O. The van der Waals surface area contributed by atoms with E-state index >= 15 is 0 Å². The number of aromatic nitrogens is 2. The van der Waals surface area contributed by atoms with Gasteiger partial charge >= 0.3 is 0 Å². The van der Waals surface area contributed by atoms with Gasteiger partial charge in [-0.05, 0) is 55.1 Å². The van der Waals surface area contributed by atoms with Gasteiger partial charge in [0.15, 0.2) is 5.82 Å². The molecule has 1 aromatic heterocycles. The Morgan fingerprint density at radius 2 is 1.93 bits per heavy atom. The molecule has 156 valence electrons. The lowest BCUT2D eigenvalue weighted by Crippen LogP contribution is -2.46. The molecule has 2 N–H and O–H groups in total. The summed E-state index contributed by atoms with van der Waals surface area (Å²) < 4.78 is 0. The van der Waals surface area contributed by atoms with E-state index in [1.165, 1.54) is 16.5 Å². The number of amides is 1. The van der Waals surface area contributed by atoms with Crippen LogP contribution in [0.4, 0.5) is 11.5 Å². The first-order chi connectivity index (χ1) is 14.7. The predicted molar refractivity (Wildman–Crippen MR) is 121 cm³/mol. The summed E-state index contributed by atoms with van der Waals surface area (Å²) >= 11 is 0. The highest BCUT2D eigenvalue weighted by atomic mass is 16.1. The van der Waals surface area contributed by atoms with E-state index in [9.17, 15) is 4.79 Å². The summed E-state index contributed by atoms with van der Waals surface area (Å²) in [5.74, 6) is 1.29. The number of anilines is 2. The van der Waals surface area contributed by atoms with Crippen LogP contribution in [-0.4, -0.2) is 53.7 Å². The molecule has 1 saturated heterocycles. The lowest BCUT2D eigenvalue weighted by Gasteiger charge is -2.35.